The Morgan fingerprint density at radius 1 is 1.27 bits per heavy atom. The summed E-state index contributed by atoms with van der Waals surface area (Å²) in [6.07, 6.45) is 2.12. The van der Waals surface area contributed by atoms with Gasteiger partial charge in [0.05, 0.1) is 0 Å². The van der Waals surface area contributed by atoms with E-state index in [0.717, 1.165) is 4.91 Å². The van der Waals surface area contributed by atoms with Crippen molar-refractivity contribution in [2.45, 2.75) is 20.8 Å². The first-order valence-electron chi connectivity index (χ1n) is 4.94. The van der Waals surface area contributed by atoms with Gasteiger partial charge in [0.15, 0.2) is 0 Å². The molecule has 78 valence electrons. The van der Waals surface area contributed by atoms with Crippen LogP contribution < -0.4 is 0 Å². The lowest BCUT2D eigenvalue weighted by Crippen LogP contribution is -1.79. The van der Waals surface area contributed by atoms with E-state index in [1.165, 1.54) is 26.1 Å². The second-order valence-electron chi connectivity index (χ2n) is 3.89. The molecule has 15 heavy (non-hydrogen) atoms. The van der Waals surface area contributed by atoms with Crippen molar-refractivity contribution >= 4 is 40.1 Å². The van der Waals surface area contributed by atoms with Crippen LogP contribution in [0.1, 0.15) is 22.9 Å². The van der Waals surface area contributed by atoms with Crippen molar-refractivity contribution in [3.63, 3.8) is 0 Å². The van der Waals surface area contributed by atoms with E-state index in [2.05, 4.69) is 50.8 Å². The van der Waals surface area contributed by atoms with Crippen LogP contribution in [0.5, 0.6) is 0 Å². The summed E-state index contributed by atoms with van der Waals surface area (Å²) >= 11 is 6.17. The molecule has 0 atom stereocenters. The molecule has 2 heteroatoms. The van der Waals surface area contributed by atoms with Gasteiger partial charge in [-0.3, -0.25) is 0 Å². The van der Waals surface area contributed by atoms with Crippen LogP contribution in [0.3, 0.4) is 0 Å². The number of rotatable bonds is 1. The second kappa shape index (κ2) is 4.03. The third-order valence-electron chi connectivity index (χ3n) is 2.39. The SMILES string of the molecule is CC(S)=Cc1cc2sc(C)cc2cc1C. The number of fused-ring (bicyclic) bond motifs is 1. The van der Waals surface area contributed by atoms with Gasteiger partial charge >= 0.3 is 0 Å². The summed E-state index contributed by atoms with van der Waals surface area (Å²) in [6.45, 7) is 6.31. The molecule has 0 aliphatic rings. The third kappa shape index (κ3) is 2.27. The van der Waals surface area contributed by atoms with Crippen LogP contribution in [0.2, 0.25) is 0 Å². The zero-order valence-electron chi connectivity index (χ0n) is 9.16. The molecule has 0 saturated heterocycles. The van der Waals surface area contributed by atoms with Gasteiger partial charge < -0.3 is 0 Å². The van der Waals surface area contributed by atoms with Crippen LogP contribution in [0.15, 0.2) is 23.1 Å². The Bertz CT molecular complexity index is 529. The summed E-state index contributed by atoms with van der Waals surface area (Å²) in [5.41, 5.74) is 2.59. The highest BCUT2D eigenvalue weighted by Gasteiger charge is 2.02. The lowest BCUT2D eigenvalue weighted by atomic mass is 10.1. The van der Waals surface area contributed by atoms with Crippen molar-refractivity contribution in [1.82, 2.24) is 0 Å². The van der Waals surface area contributed by atoms with Crippen molar-refractivity contribution in [1.29, 1.82) is 0 Å². The highest BCUT2D eigenvalue weighted by Crippen LogP contribution is 2.29. The standard InChI is InChI=1S/C13H14S2/c1-8-4-12-6-10(3)15-13(12)7-11(8)5-9(2)14/h4-7,14H,1-3H3. The van der Waals surface area contributed by atoms with Gasteiger partial charge in [0.25, 0.3) is 0 Å². The quantitative estimate of drug-likeness (QED) is 0.673. The van der Waals surface area contributed by atoms with Crippen LogP contribution in [0.4, 0.5) is 0 Å². The number of hydrogen-bond acceptors (Lipinski definition) is 2. The highest BCUT2D eigenvalue weighted by molar-refractivity contribution is 7.84. The van der Waals surface area contributed by atoms with E-state index in [-0.39, 0.29) is 0 Å². The molecule has 0 bridgehead atoms. The molecule has 0 saturated carbocycles. The Morgan fingerprint density at radius 2 is 2.00 bits per heavy atom. The predicted octanol–water partition coefficient (Wildman–Crippen LogP) is 4.81. The van der Waals surface area contributed by atoms with Gasteiger partial charge in [-0.1, -0.05) is 0 Å². The molecule has 0 aliphatic heterocycles. The van der Waals surface area contributed by atoms with Gasteiger partial charge in [-0.25, -0.2) is 0 Å². The predicted molar refractivity (Wildman–Crippen MR) is 73.9 cm³/mol. The number of thiophene rings is 1. The molecule has 0 spiro atoms. The molecular formula is C13H14S2. The molecule has 0 amide bonds. The summed E-state index contributed by atoms with van der Waals surface area (Å²) in [5, 5.41) is 1.35. The average Bonchev–Trinajstić information content (AvgIpc) is 2.44. The Balaban J connectivity index is 2.66. The lowest BCUT2D eigenvalue weighted by molar-refractivity contribution is 1.47. The molecule has 1 aromatic heterocycles. The van der Waals surface area contributed by atoms with Gasteiger partial charge in [0, 0.05) is 9.58 Å². The number of allylic oxidation sites excluding steroid dienone is 1. The second-order valence-corrected chi connectivity index (χ2v) is 5.88. The van der Waals surface area contributed by atoms with Crippen molar-refractivity contribution in [2.24, 2.45) is 0 Å². The minimum Gasteiger partial charge on any atom is -0.148 e. The summed E-state index contributed by atoms with van der Waals surface area (Å²) in [5.74, 6) is 0. The minimum atomic E-state index is 1.05. The smallest absolute Gasteiger partial charge is 0.0351 e. The van der Waals surface area contributed by atoms with E-state index in [4.69, 9.17) is 0 Å². The Kier molecular flexibility index (Phi) is 2.89. The van der Waals surface area contributed by atoms with E-state index in [1.54, 1.807) is 0 Å². The van der Waals surface area contributed by atoms with Crippen LogP contribution in [-0.4, -0.2) is 0 Å². The highest BCUT2D eigenvalue weighted by atomic mass is 32.1. The Labute approximate surface area is 100 Å². The molecule has 1 heterocycles. The first-order chi connectivity index (χ1) is 7.06. The molecule has 0 radical (unpaired) electrons. The lowest BCUT2D eigenvalue weighted by Gasteiger charge is -2.01. The topological polar surface area (TPSA) is 0 Å². The Hall–Kier alpha value is -0.730. The monoisotopic (exact) mass is 234 g/mol. The molecule has 0 unspecified atom stereocenters. The number of aryl methyl sites for hydroxylation is 2. The fourth-order valence-electron chi connectivity index (χ4n) is 1.73. The maximum Gasteiger partial charge on any atom is 0.0351 e. The minimum absolute atomic E-state index is 1.05. The van der Waals surface area contributed by atoms with Gasteiger partial charge in [-0.15, -0.1) is 24.0 Å². The number of thiol groups is 1. The maximum absolute atomic E-state index is 4.32. The fraction of sp³-hybridized carbons (Fsp3) is 0.231. The first kappa shape index (κ1) is 10.8. The number of hydrogen-bond donors (Lipinski definition) is 1. The van der Waals surface area contributed by atoms with Gasteiger partial charge in [-0.2, -0.15) is 0 Å². The van der Waals surface area contributed by atoms with Crippen molar-refractivity contribution < 1.29 is 0 Å². The molecule has 2 rings (SSSR count). The van der Waals surface area contributed by atoms with E-state index < -0.39 is 0 Å². The van der Waals surface area contributed by atoms with Crippen LogP contribution in [0.25, 0.3) is 16.2 Å². The van der Waals surface area contributed by atoms with Crippen LogP contribution in [0, 0.1) is 13.8 Å². The van der Waals surface area contributed by atoms with E-state index in [9.17, 15) is 0 Å². The van der Waals surface area contributed by atoms with E-state index in [1.807, 2.05) is 18.3 Å². The normalized spacial score (nSPS) is 12.4. The molecule has 1 aromatic carbocycles. The van der Waals surface area contributed by atoms with Gasteiger partial charge in [-0.05, 0) is 66.5 Å². The fourth-order valence-corrected chi connectivity index (χ4v) is 2.82. The van der Waals surface area contributed by atoms with E-state index in [0.29, 0.717) is 0 Å². The molecule has 0 N–H and O–H groups in total. The summed E-state index contributed by atoms with van der Waals surface area (Å²) < 4.78 is 1.36. The van der Waals surface area contributed by atoms with Crippen molar-refractivity contribution in [3.05, 3.63) is 39.1 Å². The first-order valence-corrected chi connectivity index (χ1v) is 6.20. The molecule has 0 nitrogen and oxygen atoms in total. The summed E-state index contributed by atoms with van der Waals surface area (Å²) in [7, 11) is 0. The average molecular weight is 234 g/mol. The van der Waals surface area contributed by atoms with Crippen molar-refractivity contribution in [2.75, 3.05) is 0 Å². The molecular weight excluding hydrogens is 220 g/mol. The molecule has 0 fully saturated rings. The summed E-state index contributed by atoms with van der Waals surface area (Å²) in [6, 6.07) is 6.75. The van der Waals surface area contributed by atoms with Crippen LogP contribution in [-0.2, 0) is 0 Å². The molecule has 2 aromatic rings. The van der Waals surface area contributed by atoms with Crippen molar-refractivity contribution in [3.8, 4) is 0 Å². The summed E-state index contributed by atoms with van der Waals surface area (Å²) in [4.78, 5) is 2.42. The Morgan fingerprint density at radius 3 is 2.67 bits per heavy atom. The third-order valence-corrected chi connectivity index (χ3v) is 3.53. The zero-order chi connectivity index (χ0) is 11.0. The number of benzene rings is 1. The van der Waals surface area contributed by atoms with E-state index >= 15 is 0 Å². The largest absolute Gasteiger partial charge is 0.148 e. The maximum atomic E-state index is 4.32. The van der Waals surface area contributed by atoms with Gasteiger partial charge in [0.1, 0.15) is 0 Å². The van der Waals surface area contributed by atoms with Crippen LogP contribution >= 0.6 is 24.0 Å². The van der Waals surface area contributed by atoms with Gasteiger partial charge in [0.2, 0.25) is 0 Å². The zero-order valence-corrected chi connectivity index (χ0v) is 10.9. The molecule has 0 aliphatic carbocycles.